The maximum absolute atomic E-state index is 13.5. The highest BCUT2D eigenvalue weighted by atomic mass is 32.2. The minimum absolute atomic E-state index is 0.239. The van der Waals surface area contributed by atoms with Gasteiger partial charge in [-0.3, -0.25) is 0 Å². The number of rotatable bonds is 4. The van der Waals surface area contributed by atoms with E-state index in [2.05, 4.69) is 4.72 Å². The molecule has 0 bridgehead atoms. The van der Waals surface area contributed by atoms with Crippen molar-refractivity contribution in [2.45, 2.75) is 11.4 Å². The Morgan fingerprint density at radius 2 is 1.76 bits per heavy atom. The quantitative estimate of drug-likeness (QED) is 0.849. The summed E-state index contributed by atoms with van der Waals surface area (Å²) < 4.78 is 65.5. The van der Waals surface area contributed by atoms with Crippen LogP contribution in [0.3, 0.4) is 0 Å². The molecule has 4 nitrogen and oxygen atoms in total. The molecule has 0 aliphatic heterocycles. The van der Waals surface area contributed by atoms with Gasteiger partial charge in [-0.2, -0.15) is 0 Å². The summed E-state index contributed by atoms with van der Waals surface area (Å²) in [6.07, 6.45) is 0. The predicted molar refractivity (Wildman–Crippen MR) is 71.2 cm³/mol. The first-order chi connectivity index (χ1) is 9.79. The fourth-order valence-electron chi connectivity index (χ4n) is 1.65. The number of halogens is 3. The number of benzene rings is 2. The molecule has 2 aromatic rings. The number of nitrogens with one attached hydrogen (secondary N) is 1. The van der Waals surface area contributed by atoms with E-state index < -0.39 is 38.1 Å². The third kappa shape index (κ3) is 3.53. The Bertz CT molecular complexity index is 779. The Morgan fingerprint density at radius 1 is 1.05 bits per heavy atom. The fraction of sp³-hybridized carbons (Fsp3) is 0.0769. The molecule has 0 saturated heterocycles. The van der Waals surface area contributed by atoms with Gasteiger partial charge in [0, 0.05) is 12.6 Å². The van der Waals surface area contributed by atoms with Crippen molar-refractivity contribution in [2.75, 3.05) is 5.73 Å². The third-order valence-corrected chi connectivity index (χ3v) is 4.11. The summed E-state index contributed by atoms with van der Waals surface area (Å²) >= 11 is 0. The van der Waals surface area contributed by atoms with E-state index in [1.807, 2.05) is 0 Å². The Morgan fingerprint density at radius 3 is 2.43 bits per heavy atom. The Hall–Kier alpha value is -2.06. The molecule has 0 heterocycles. The van der Waals surface area contributed by atoms with Crippen LogP contribution in [0.2, 0.25) is 0 Å². The number of hydrogen-bond acceptors (Lipinski definition) is 3. The highest BCUT2D eigenvalue weighted by Crippen LogP contribution is 2.21. The molecule has 8 heteroatoms. The molecule has 21 heavy (non-hydrogen) atoms. The van der Waals surface area contributed by atoms with Gasteiger partial charge in [-0.1, -0.05) is 12.1 Å². The van der Waals surface area contributed by atoms with Gasteiger partial charge in [-0.25, -0.2) is 26.3 Å². The molecule has 0 aliphatic carbocycles. The summed E-state index contributed by atoms with van der Waals surface area (Å²) in [4.78, 5) is -0.766. The summed E-state index contributed by atoms with van der Waals surface area (Å²) in [6, 6.07) is 6.34. The lowest BCUT2D eigenvalue weighted by atomic mass is 10.2. The van der Waals surface area contributed by atoms with Gasteiger partial charge < -0.3 is 5.73 Å². The van der Waals surface area contributed by atoms with Gasteiger partial charge >= 0.3 is 0 Å². The van der Waals surface area contributed by atoms with Crippen LogP contribution < -0.4 is 10.5 Å². The normalized spacial score (nSPS) is 11.6. The Kier molecular flexibility index (Phi) is 4.19. The Labute approximate surface area is 119 Å². The highest BCUT2D eigenvalue weighted by molar-refractivity contribution is 7.89. The number of anilines is 1. The second-order valence-corrected chi connectivity index (χ2v) is 5.99. The average Bonchev–Trinajstić information content (AvgIpc) is 2.41. The van der Waals surface area contributed by atoms with Crippen LogP contribution in [0.1, 0.15) is 5.56 Å². The number of nitrogens with two attached hydrogens (primary N) is 1. The van der Waals surface area contributed by atoms with Crippen molar-refractivity contribution in [1.82, 2.24) is 4.72 Å². The van der Waals surface area contributed by atoms with E-state index in [4.69, 9.17) is 5.73 Å². The van der Waals surface area contributed by atoms with Crippen LogP contribution in [-0.4, -0.2) is 8.42 Å². The highest BCUT2D eigenvalue weighted by Gasteiger charge is 2.21. The lowest BCUT2D eigenvalue weighted by Gasteiger charge is -2.09. The van der Waals surface area contributed by atoms with Gasteiger partial charge in [-0.05, 0) is 23.8 Å². The molecular formula is C13H11F3N2O2S. The third-order valence-electron chi connectivity index (χ3n) is 2.70. The first-order valence-corrected chi connectivity index (χ1v) is 7.26. The molecule has 2 aromatic carbocycles. The average molecular weight is 316 g/mol. The summed E-state index contributed by atoms with van der Waals surface area (Å²) in [6.45, 7) is -0.239. The standard InChI is InChI=1S/C13H11F3N2O2S/c14-9-3-1-2-8(4-9)7-18-21(19,20)13-6-12(17)10(15)5-11(13)16/h1-6,18H,7,17H2. The van der Waals surface area contributed by atoms with Crippen LogP contribution in [0.4, 0.5) is 18.9 Å². The van der Waals surface area contributed by atoms with Crippen molar-refractivity contribution in [2.24, 2.45) is 0 Å². The molecule has 2 rings (SSSR count). The van der Waals surface area contributed by atoms with Gasteiger partial charge in [0.1, 0.15) is 22.3 Å². The van der Waals surface area contributed by atoms with Gasteiger partial charge in [0.05, 0.1) is 5.69 Å². The second kappa shape index (κ2) is 5.74. The second-order valence-electron chi connectivity index (χ2n) is 4.26. The predicted octanol–water partition coefficient (Wildman–Crippen LogP) is 2.16. The molecule has 0 aromatic heterocycles. The zero-order valence-electron chi connectivity index (χ0n) is 10.6. The molecule has 0 saturated carbocycles. The van der Waals surface area contributed by atoms with E-state index in [0.29, 0.717) is 17.7 Å². The fourth-order valence-corrected chi connectivity index (χ4v) is 2.76. The largest absolute Gasteiger partial charge is 0.396 e. The van der Waals surface area contributed by atoms with E-state index in [1.54, 1.807) is 0 Å². The van der Waals surface area contributed by atoms with Crippen LogP contribution in [0, 0.1) is 17.5 Å². The van der Waals surface area contributed by atoms with Gasteiger partial charge in [-0.15, -0.1) is 0 Å². The lowest BCUT2D eigenvalue weighted by Crippen LogP contribution is -2.24. The maximum atomic E-state index is 13.5. The molecule has 0 amide bonds. The van der Waals surface area contributed by atoms with E-state index >= 15 is 0 Å². The van der Waals surface area contributed by atoms with Crippen LogP contribution >= 0.6 is 0 Å². The molecule has 0 unspecified atom stereocenters. The maximum Gasteiger partial charge on any atom is 0.243 e. The number of hydrogen-bond donors (Lipinski definition) is 2. The van der Waals surface area contributed by atoms with Crippen LogP contribution in [0.5, 0.6) is 0 Å². The van der Waals surface area contributed by atoms with Crippen molar-refractivity contribution in [3.05, 3.63) is 59.4 Å². The number of sulfonamides is 1. The van der Waals surface area contributed by atoms with Crippen molar-refractivity contribution < 1.29 is 21.6 Å². The molecule has 3 N–H and O–H groups in total. The molecule has 0 spiro atoms. The van der Waals surface area contributed by atoms with Crippen LogP contribution in [-0.2, 0) is 16.6 Å². The molecule has 112 valence electrons. The van der Waals surface area contributed by atoms with Gasteiger partial charge in [0.25, 0.3) is 0 Å². The molecule has 0 fully saturated rings. The zero-order valence-corrected chi connectivity index (χ0v) is 11.4. The van der Waals surface area contributed by atoms with E-state index in [9.17, 15) is 21.6 Å². The molecular weight excluding hydrogens is 305 g/mol. The van der Waals surface area contributed by atoms with Crippen molar-refractivity contribution in [1.29, 1.82) is 0 Å². The minimum atomic E-state index is -4.24. The molecule has 0 atom stereocenters. The Balaban J connectivity index is 2.25. The first-order valence-electron chi connectivity index (χ1n) is 5.78. The van der Waals surface area contributed by atoms with Gasteiger partial charge in [0.2, 0.25) is 10.0 Å². The van der Waals surface area contributed by atoms with Crippen LogP contribution in [0.25, 0.3) is 0 Å². The zero-order chi connectivity index (χ0) is 15.6. The van der Waals surface area contributed by atoms with Crippen LogP contribution in [0.15, 0.2) is 41.3 Å². The lowest BCUT2D eigenvalue weighted by molar-refractivity contribution is 0.544. The first kappa shape index (κ1) is 15.3. The summed E-state index contributed by atoms with van der Waals surface area (Å²) in [5.74, 6) is -2.83. The number of nitrogen functional groups attached to an aromatic ring is 1. The van der Waals surface area contributed by atoms with Gasteiger partial charge in [0.15, 0.2) is 0 Å². The van der Waals surface area contributed by atoms with E-state index in [-0.39, 0.29) is 6.54 Å². The minimum Gasteiger partial charge on any atom is -0.396 e. The summed E-state index contributed by atoms with van der Waals surface area (Å²) in [5.41, 5.74) is 5.10. The van der Waals surface area contributed by atoms with Crippen molar-refractivity contribution in [3.63, 3.8) is 0 Å². The smallest absolute Gasteiger partial charge is 0.243 e. The molecule has 0 radical (unpaired) electrons. The summed E-state index contributed by atoms with van der Waals surface area (Å²) in [5, 5.41) is 0. The van der Waals surface area contributed by atoms with Crippen molar-refractivity contribution >= 4 is 15.7 Å². The van der Waals surface area contributed by atoms with E-state index in [1.165, 1.54) is 18.2 Å². The van der Waals surface area contributed by atoms with E-state index in [0.717, 1.165) is 6.07 Å². The monoisotopic (exact) mass is 316 g/mol. The van der Waals surface area contributed by atoms with Crippen molar-refractivity contribution in [3.8, 4) is 0 Å². The summed E-state index contributed by atoms with van der Waals surface area (Å²) in [7, 11) is -4.24. The SMILES string of the molecule is Nc1cc(S(=O)(=O)NCc2cccc(F)c2)c(F)cc1F. The topological polar surface area (TPSA) is 72.2 Å². The molecule has 0 aliphatic rings.